The zero-order valence-corrected chi connectivity index (χ0v) is 30.8. The number of aryl methyl sites for hydroxylation is 1. The van der Waals surface area contributed by atoms with Gasteiger partial charge in [-0.3, -0.25) is 14.4 Å². The largest absolute Gasteiger partial charge is 0.493 e. The lowest BCUT2D eigenvalue weighted by Crippen LogP contribution is -2.63. The van der Waals surface area contributed by atoms with E-state index in [1.54, 1.807) is 33.1 Å². The number of thioether (sulfide) groups is 1. The summed E-state index contributed by atoms with van der Waals surface area (Å²) in [6, 6.07) is 5.24. The van der Waals surface area contributed by atoms with Gasteiger partial charge in [0.15, 0.2) is 11.5 Å². The van der Waals surface area contributed by atoms with Crippen molar-refractivity contribution in [2.45, 2.75) is 88.7 Å². The van der Waals surface area contributed by atoms with Crippen LogP contribution in [0, 0.1) is 11.8 Å². The van der Waals surface area contributed by atoms with Gasteiger partial charge < -0.3 is 44.9 Å². The van der Waals surface area contributed by atoms with Gasteiger partial charge in [-0.05, 0) is 63.1 Å². The van der Waals surface area contributed by atoms with Crippen molar-refractivity contribution >= 4 is 35.5 Å². The lowest BCUT2D eigenvalue weighted by Gasteiger charge is -2.46. The number of unbranched alkanes of at least 4 members (excludes halogenated alkanes) is 3. The maximum absolute atomic E-state index is 13.1. The number of aliphatic carboxylic acids is 1. The summed E-state index contributed by atoms with van der Waals surface area (Å²) >= 11 is 1.43. The summed E-state index contributed by atoms with van der Waals surface area (Å²) in [6.45, 7) is 6.20. The molecule has 0 spiro atoms. The first kappa shape index (κ1) is 39.5. The fourth-order valence-corrected chi connectivity index (χ4v) is 8.53. The van der Waals surface area contributed by atoms with Gasteiger partial charge in [0, 0.05) is 55.8 Å². The van der Waals surface area contributed by atoms with E-state index in [4.69, 9.17) is 14.2 Å². The van der Waals surface area contributed by atoms with Crippen LogP contribution in [-0.4, -0.2) is 121 Å². The molecular weight excluding hydrogens is 664 g/mol. The van der Waals surface area contributed by atoms with Gasteiger partial charge in [0.2, 0.25) is 17.7 Å². The lowest BCUT2D eigenvalue weighted by molar-refractivity contribution is -0.163. The normalized spacial score (nSPS) is 23.4. The molecule has 4 N–H and O–H groups in total. The topological polar surface area (TPSA) is 167 Å². The number of carboxylic acids is 1. The van der Waals surface area contributed by atoms with Crippen LogP contribution in [0.1, 0.15) is 64.4 Å². The molecule has 3 aliphatic heterocycles. The molecule has 13 nitrogen and oxygen atoms in total. The first-order chi connectivity index (χ1) is 24.0. The Morgan fingerprint density at radius 3 is 2.56 bits per heavy atom. The lowest BCUT2D eigenvalue weighted by atomic mass is 9.79. The number of aliphatic hydroxyl groups is 1. The third-order valence-corrected chi connectivity index (χ3v) is 11.3. The number of hydrogen-bond donors (Lipinski definition) is 4. The van der Waals surface area contributed by atoms with Crippen molar-refractivity contribution in [1.29, 1.82) is 0 Å². The molecule has 0 saturated carbocycles. The van der Waals surface area contributed by atoms with Crippen LogP contribution in [0.5, 0.6) is 11.5 Å². The highest BCUT2D eigenvalue weighted by Crippen LogP contribution is 2.51. The summed E-state index contributed by atoms with van der Waals surface area (Å²) in [4.78, 5) is 53.8. The zero-order chi connectivity index (χ0) is 36.4. The number of carbonyl (C=O) groups excluding carboxylic acids is 3. The van der Waals surface area contributed by atoms with Crippen molar-refractivity contribution in [2.24, 2.45) is 11.8 Å². The average molecular weight is 719 g/mol. The molecule has 3 heterocycles. The van der Waals surface area contributed by atoms with E-state index in [0.717, 1.165) is 50.0 Å². The van der Waals surface area contributed by atoms with E-state index in [1.165, 1.54) is 22.2 Å². The number of aliphatic hydroxyl groups excluding tert-OH is 1. The number of rotatable bonds is 21. The molecule has 14 heteroatoms. The van der Waals surface area contributed by atoms with Gasteiger partial charge in [0.05, 0.1) is 44.9 Å². The number of nitrogens with one attached hydrogen (secondary N) is 2. The number of ether oxygens (including phenoxy) is 3. The molecule has 0 bridgehead atoms. The number of β-lactam (4-membered cyclic amide) rings is 1. The zero-order valence-electron chi connectivity index (χ0n) is 29.9. The molecule has 1 aromatic carbocycles. The highest BCUT2D eigenvalue weighted by Gasteiger charge is 2.60. The fourth-order valence-electron chi connectivity index (χ4n) is 7.05. The van der Waals surface area contributed by atoms with Crippen LogP contribution in [0.4, 0.5) is 0 Å². The molecule has 50 heavy (non-hydrogen) atoms. The number of methoxy groups -OCH3 is 2. The molecule has 2 fully saturated rings. The maximum atomic E-state index is 13.1. The summed E-state index contributed by atoms with van der Waals surface area (Å²) in [5, 5.41) is 26.2. The van der Waals surface area contributed by atoms with Crippen molar-refractivity contribution < 1.29 is 43.6 Å². The SMILES string of the molecule is COc1ccc(CCCCOCCNC(=O)CCCCCN(C)C(=O)[C@@H]2C[C@H](SC3=C(C(=O)O)N4C(=O)[C@H]([C@@H](C)O)C4[C@H]3C)CN2)cc1OC. The Morgan fingerprint density at radius 1 is 1.10 bits per heavy atom. The molecule has 2 saturated heterocycles. The van der Waals surface area contributed by atoms with Gasteiger partial charge in [0.25, 0.3) is 0 Å². The van der Waals surface area contributed by atoms with E-state index in [9.17, 15) is 29.4 Å². The molecule has 0 aliphatic carbocycles. The minimum atomic E-state index is -1.14. The van der Waals surface area contributed by atoms with Crippen LogP contribution in [0.2, 0.25) is 0 Å². The predicted molar refractivity (Wildman–Crippen MR) is 190 cm³/mol. The molecule has 3 aliphatic rings. The first-order valence-corrected chi connectivity index (χ1v) is 18.5. The predicted octanol–water partition coefficient (Wildman–Crippen LogP) is 2.80. The summed E-state index contributed by atoms with van der Waals surface area (Å²) in [5.41, 5.74) is 1.20. The van der Waals surface area contributed by atoms with Crippen LogP contribution >= 0.6 is 11.8 Å². The Bertz CT molecular complexity index is 1390. The summed E-state index contributed by atoms with van der Waals surface area (Å²) in [6.07, 6.45) is 5.33. The van der Waals surface area contributed by atoms with E-state index < -0.39 is 18.0 Å². The van der Waals surface area contributed by atoms with Crippen LogP contribution in [0.15, 0.2) is 28.8 Å². The molecule has 1 aromatic rings. The van der Waals surface area contributed by atoms with Crippen LogP contribution in [0.25, 0.3) is 0 Å². The Labute approximate surface area is 299 Å². The Balaban J connectivity index is 1.04. The Hall–Kier alpha value is -3.33. The van der Waals surface area contributed by atoms with E-state index in [1.807, 2.05) is 25.1 Å². The van der Waals surface area contributed by atoms with Gasteiger partial charge in [0.1, 0.15) is 5.70 Å². The van der Waals surface area contributed by atoms with Crippen molar-refractivity contribution in [2.75, 3.05) is 54.1 Å². The van der Waals surface area contributed by atoms with E-state index >= 15 is 0 Å². The quantitative estimate of drug-likeness (QED) is 0.109. The molecule has 4 rings (SSSR count). The second-order valence-corrected chi connectivity index (χ2v) is 14.7. The fraction of sp³-hybridized carbons (Fsp3) is 0.667. The summed E-state index contributed by atoms with van der Waals surface area (Å²) in [7, 11) is 5.04. The Morgan fingerprint density at radius 2 is 1.86 bits per heavy atom. The van der Waals surface area contributed by atoms with Crippen LogP contribution in [-0.2, 0) is 30.3 Å². The average Bonchev–Trinajstić information content (AvgIpc) is 3.65. The van der Waals surface area contributed by atoms with Crippen molar-refractivity contribution in [3.05, 3.63) is 34.4 Å². The number of nitrogens with zero attached hydrogens (tertiary/aromatic N) is 2. The number of amides is 3. The molecular formula is C36H54N4O9S. The molecule has 278 valence electrons. The third kappa shape index (κ3) is 9.71. The summed E-state index contributed by atoms with van der Waals surface area (Å²) < 4.78 is 16.3. The van der Waals surface area contributed by atoms with Gasteiger partial charge in [-0.25, -0.2) is 4.79 Å². The van der Waals surface area contributed by atoms with Crippen LogP contribution in [0.3, 0.4) is 0 Å². The van der Waals surface area contributed by atoms with E-state index in [0.29, 0.717) is 50.6 Å². The van der Waals surface area contributed by atoms with Crippen molar-refractivity contribution in [3.63, 3.8) is 0 Å². The van der Waals surface area contributed by atoms with Crippen molar-refractivity contribution in [1.82, 2.24) is 20.4 Å². The standard InChI is InChI=1S/C36H54N4O9S/c1-22-31-30(23(2)41)35(44)40(31)32(36(45)46)33(22)50-25-20-26(38-21-25)34(43)39(3)16-9-6-7-12-29(42)37-15-18-49-17-10-8-11-24-13-14-27(47-4)28(19-24)48-5/h13-14,19,22-23,25-26,30-31,38,41H,6-12,15-18,20-21H2,1-5H3,(H,37,42)(H,45,46)/t22-,23-,25+,26+,30-,31?/m1/s1. The molecule has 0 aromatic heterocycles. The number of carboxylic acid groups (broad SMARTS) is 1. The highest BCUT2D eigenvalue weighted by atomic mass is 32.2. The minimum Gasteiger partial charge on any atom is -0.493 e. The van der Waals surface area contributed by atoms with E-state index in [-0.39, 0.29) is 46.7 Å². The maximum Gasteiger partial charge on any atom is 0.353 e. The van der Waals surface area contributed by atoms with Gasteiger partial charge in [-0.15, -0.1) is 11.8 Å². The number of carbonyl (C=O) groups is 4. The second-order valence-electron chi connectivity index (χ2n) is 13.4. The number of likely N-dealkylation sites (N-methyl/N-ethyl adjacent to an activating group) is 1. The monoisotopic (exact) mass is 718 g/mol. The van der Waals surface area contributed by atoms with Crippen molar-refractivity contribution in [3.8, 4) is 11.5 Å². The molecule has 1 unspecified atom stereocenters. The minimum absolute atomic E-state index is 0.00139. The molecule has 6 atom stereocenters. The van der Waals surface area contributed by atoms with Gasteiger partial charge in [-0.1, -0.05) is 19.4 Å². The molecule has 3 amide bonds. The first-order valence-electron chi connectivity index (χ1n) is 17.7. The van der Waals surface area contributed by atoms with E-state index in [2.05, 4.69) is 10.6 Å². The smallest absolute Gasteiger partial charge is 0.353 e. The summed E-state index contributed by atoms with van der Waals surface area (Å²) in [5.74, 6) is -0.844. The Kier molecular flexibility index (Phi) is 14.8. The number of hydrogen-bond acceptors (Lipinski definition) is 10. The van der Waals surface area contributed by atoms with Gasteiger partial charge in [-0.2, -0.15) is 0 Å². The van der Waals surface area contributed by atoms with Gasteiger partial charge >= 0.3 is 5.97 Å². The third-order valence-electron chi connectivity index (χ3n) is 9.79. The number of benzene rings is 1. The number of fused-ring (bicyclic) bond motifs is 1. The molecule has 0 radical (unpaired) electrons. The second kappa shape index (κ2) is 18.8. The highest BCUT2D eigenvalue weighted by molar-refractivity contribution is 8.03. The van der Waals surface area contributed by atoms with Crippen LogP contribution < -0.4 is 20.1 Å².